The second-order valence-electron chi connectivity index (χ2n) is 19.2. The van der Waals surface area contributed by atoms with E-state index in [-0.39, 0.29) is 37.8 Å². The molecule has 17 nitrogen and oxygen atoms in total. The summed E-state index contributed by atoms with van der Waals surface area (Å²) in [6.45, 7) is 18.5. The number of ketones is 1. The summed E-state index contributed by atoms with van der Waals surface area (Å²) in [5.74, 6) is -5.08. The van der Waals surface area contributed by atoms with E-state index in [1.807, 2.05) is 25.9 Å². The number of esters is 1. The number of hydrogen-bond donors (Lipinski definition) is 6. The van der Waals surface area contributed by atoms with Gasteiger partial charge in [0, 0.05) is 49.8 Å². The van der Waals surface area contributed by atoms with E-state index >= 15 is 0 Å². The van der Waals surface area contributed by atoms with Crippen LogP contribution in [0.2, 0.25) is 0 Å². The first-order valence-electron chi connectivity index (χ1n) is 21.8. The summed E-state index contributed by atoms with van der Waals surface area (Å²) in [6.07, 6.45) is -12.6. The van der Waals surface area contributed by atoms with E-state index in [0.29, 0.717) is 6.42 Å². The maximum atomic E-state index is 14.5. The Morgan fingerprint density at radius 1 is 0.800 bits per heavy atom. The summed E-state index contributed by atoms with van der Waals surface area (Å²) >= 11 is 0. The first kappa shape index (κ1) is 51.2. The molecule has 350 valence electrons. The van der Waals surface area contributed by atoms with E-state index < -0.39 is 132 Å². The number of carbonyl (C=O) groups is 2. The lowest BCUT2D eigenvalue weighted by molar-refractivity contribution is -0.339. The number of ether oxygens (including phenoxy) is 8. The Morgan fingerprint density at radius 2 is 1.42 bits per heavy atom. The molecule has 0 aromatic rings. The van der Waals surface area contributed by atoms with Crippen molar-refractivity contribution in [2.75, 3.05) is 21.2 Å². The molecule has 0 bridgehead atoms. The molecule has 4 aliphatic rings. The Bertz CT molecular complexity index is 1410. The molecule has 4 aliphatic heterocycles. The van der Waals surface area contributed by atoms with Crippen LogP contribution >= 0.6 is 0 Å². The summed E-state index contributed by atoms with van der Waals surface area (Å²) in [4.78, 5) is 30.8. The van der Waals surface area contributed by atoms with Crippen LogP contribution in [0.5, 0.6) is 0 Å². The molecule has 0 amide bonds. The number of nitrogens with zero attached hydrogens (tertiary/aromatic N) is 1. The smallest absolute Gasteiger partial charge is 0.311 e. The van der Waals surface area contributed by atoms with Crippen molar-refractivity contribution in [3.8, 4) is 0 Å². The van der Waals surface area contributed by atoms with Gasteiger partial charge in [-0.25, -0.2) is 0 Å². The molecule has 0 aliphatic carbocycles. The molecular weight excluding hydrogens is 784 g/mol. The van der Waals surface area contributed by atoms with Gasteiger partial charge in [-0.2, -0.15) is 0 Å². The molecule has 4 heterocycles. The van der Waals surface area contributed by atoms with Gasteiger partial charge in [-0.3, -0.25) is 9.59 Å². The zero-order valence-electron chi connectivity index (χ0n) is 38.3. The summed E-state index contributed by atoms with van der Waals surface area (Å²) in [5.41, 5.74) is 1.73. The van der Waals surface area contributed by atoms with Crippen molar-refractivity contribution in [3.63, 3.8) is 0 Å². The first-order valence-corrected chi connectivity index (χ1v) is 21.8. The minimum Gasteiger partial charge on any atom is -0.459 e. The number of aliphatic hydroxyl groups is 5. The molecular formula is C43H78N2O15. The van der Waals surface area contributed by atoms with Crippen LogP contribution in [-0.2, 0) is 47.5 Å². The second kappa shape index (κ2) is 20.2. The fourth-order valence-corrected chi connectivity index (χ4v) is 9.96. The van der Waals surface area contributed by atoms with Crippen molar-refractivity contribution in [2.24, 2.45) is 29.4 Å². The highest BCUT2D eigenvalue weighted by Gasteiger charge is 2.55. The minimum atomic E-state index is -2.04. The maximum Gasteiger partial charge on any atom is 0.311 e. The lowest BCUT2D eigenvalue weighted by Crippen LogP contribution is -2.62. The number of Topliss-reactive ketones (excluding diaryl/α,β-unsaturated/α-hetero) is 1. The lowest BCUT2D eigenvalue weighted by atomic mass is 9.73. The average molecular weight is 863 g/mol. The van der Waals surface area contributed by atoms with Crippen LogP contribution in [0.4, 0.5) is 0 Å². The van der Waals surface area contributed by atoms with Gasteiger partial charge in [-0.05, 0) is 81.8 Å². The monoisotopic (exact) mass is 863 g/mol. The van der Waals surface area contributed by atoms with Crippen LogP contribution in [0.1, 0.15) is 108 Å². The Labute approximate surface area is 356 Å². The molecule has 4 rings (SSSR count). The van der Waals surface area contributed by atoms with Gasteiger partial charge < -0.3 is 74.1 Å². The van der Waals surface area contributed by atoms with E-state index in [0.717, 1.165) is 0 Å². The zero-order chi connectivity index (χ0) is 45.4. The third-order valence-corrected chi connectivity index (χ3v) is 14.0. The van der Waals surface area contributed by atoms with Crippen LogP contribution in [-0.4, -0.2) is 172 Å². The molecule has 0 radical (unpaired) electrons. The fraction of sp³-hybridized carbons (Fsp3) is 0.953. The first-order chi connectivity index (χ1) is 27.7. The normalized spacial score (nSPS) is 50.6. The molecule has 7 N–H and O–H groups in total. The van der Waals surface area contributed by atoms with Crippen LogP contribution in [0, 0.1) is 23.7 Å². The Hall–Kier alpha value is -1.42. The van der Waals surface area contributed by atoms with Gasteiger partial charge in [0.1, 0.15) is 29.7 Å². The van der Waals surface area contributed by atoms with Crippen LogP contribution in [0.15, 0.2) is 0 Å². The molecule has 4 fully saturated rings. The highest BCUT2D eigenvalue weighted by molar-refractivity contribution is 5.83. The average Bonchev–Trinajstić information content (AvgIpc) is 3.17. The van der Waals surface area contributed by atoms with Crippen molar-refractivity contribution in [3.05, 3.63) is 0 Å². The minimum absolute atomic E-state index is 0.0464. The van der Waals surface area contributed by atoms with Gasteiger partial charge in [0.2, 0.25) is 0 Å². The molecule has 60 heavy (non-hydrogen) atoms. The topological polar surface area (TPSA) is 238 Å². The van der Waals surface area contributed by atoms with Crippen LogP contribution in [0.25, 0.3) is 0 Å². The predicted octanol–water partition coefficient (Wildman–Crippen LogP) is 1.63. The summed E-state index contributed by atoms with van der Waals surface area (Å²) in [5, 5.41) is 57.1. The van der Waals surface area contributed by atoms with E-state index in [9.17, 15) is 35.1 Å². The molecule has 17 heteroatoms. The van der Waals surface area contributed by atoms with Gasteiger partial charge in [-0.1, -0.05) is 27.7 Å². The molecule has 0 aromatic carbocycles. The Kier molecular flexibility index (Phi) is 17.2. The predicted molar refractivity (Wildman–Crippen MR) is 218 cm³/mol. The third-order valence-electron chi connectivity index (χ3n) is 14.0. The van der Waals surface area contributed by atoms with E-state index in [1.165, 1.54) is 21.0 Å². The summed E-state index contributed by atoms with van der Waals surface area (Å²) < 4.78 is 51.4. The van der Waals surface area contributed by atoms with Crippen molar-refractivity contribution in [1.82, 2.24) is 4.90 Å². The number of rotatable bonds is 9. The maximum absolute atomic E-state index is 14.5. The zero-order valence-corrected chi connectivity index (χ0v) is 38.3. The van der Waals surface area contributed by atoms with Gasteiger partial charge >= 0.3 is 5.97 Å². The number of cyclic esters (lactones) is 1. The number of carbonyl (C=O) groups excluding carboxylic acids is 2. The molecule has 22 atom stereocenters. The van der Waals surface area contributed by atoms with Crippen molar-refractivity contribution in [1.29, 1.82) is 0 Å². The van der Waals surface area contributed by atoms with E-state index in [1.54, 1.807) is 55.4 Å². The molecule has 4 saturated heterocycles. The van der Waals surface area contributed by atoms with Gasteiger partial charge in [0.05, 0.1) is 59.8 Å². The van der Waals surface area contributed by atoms with Gasteiger partial charge in [0.15, 0.2) is 18.9 Å². The number of aliphatic hydroxyl groups excluding tert-OH is 4. The number of nitrogens with two attached hydrogens (primary N) is 1. The summed E-state index contributed by atoms with van der Waals surface area (Å²) in [7, 11) is 5.20. The van der Waals surface area contributed by atoms with Crippen molar-refractivity contribution < 1.29 is 73.0 Å². The SMILES string of the molecule is CC[C@H]1OC(=O)[C@H](C)[C@@H](OC2C[C@@](C)(OC)[C@@H](O)[C@H](C)O2)[C@H](C)[C@@H](OC2O[C@H](C)C[C@H](N(C)C)[C@H]2O)[C@](C)(OC2C[C@H](N)[C@H](O)[C@H](C)O2)C[C@@H](C)C(=O)[C@H](C)[C@@H](O)[C@]1(C)O. The van der Waals surface area contributed by atoms with Gasteiger partial charge in [0.25, 0.3) is 0 Å². The molecule has 0 spiro atoms. The fourth-order valence-electron chi connectivity index (χ4n) is 9.96. The highest BCUT2D eigenvalue weighted by Crippen LogP contribution is 2.43. The van der Waals surface area contributed by atoms with Gasteiger partial charge in [-0.15, -0.1) is 0 Å². The number of hydrogen-bond acceptors (Lipinski definition) is 17. The Balaban J connectivity index is 1.96. The Morgan fingerprint density at radius 3 is 1.98 bits per heavy atom. The van der Waals surface area contributed by atoms with E-state index in [4.69, 9.17) is 43.6 Å². The second-order valence-corrected chi connectivity index (χ2v) is 19.2. The largest absolute Gasteiger partial charge is 0.459 e. The third kappa shape index (κ3) is 10.9. The molecule has 0 saturated carbocycles. The quantitative estimate of drug-likeness (QED) is 0.181. The molecule has 3 unspecified atom stereocenters. The number of likely N-dealkylation sites (N-methyl/N-ethyl adjacent to an activating group) is 1. The van der Waals surface area contributed by atoms with Crippen molar-refractivity contribution in [2.45, 2.75) is 217 Å². The van der Waals surface area contributed by atoms with Crippen molar-refractivity contribution >= 4 is 11.8 Å². The lowest BCUT2D eigenvalue weighted by Gasteiger charge is -2.51. The summed E-state index contributed by atoms with van der Waals surface area (Å²) in [6, 6.07) is -1.08. The van der Waals surface area contributed by atoms with Crippen LogP contribution < -0.4 is 5.73 Å². The standard InChI is InChI=1S/C43H78N2O15/c1-15-29-43(11,52)36(49)22(4)32(46)20(2)18-42(10,60-30-17-27(44)33(47)25(7)55-30)38(59-40-34(48)28(45(12)13)16-21(3)54-40)23(5)35(24(6)39(51)57-29)58-31-19-41(9,53-14)37(50)26(8)56-31/h20-31,33-38,40,47-50,52H,15-19,44H2,1-14H3/t20-,21-,22+,23+,24-,25+,26+,27+,28+,29-,30?,31?,33-,34-,35+,36-,37+,38-,40?,41-,42-,43-/m1/s1. The highest BCUT2D eigenvalue weighted by atomic mass is 16.7. The van der Waals surface area contributed by atoms with Crippen LogP contribution in [0.3, 0.4) is 0 Å². The number of methoxy groups -OCH3 is 1. The van der Waals surface area contributed by atoms with E-state index in [2.05, 4.69) is 0 Å². The molecule has 0 aromatic heterocycles.